The molecule has 0 saturated heterocycles. The highest BCUT2D eigenvalue weighted by Crippen LogP contribution is 2.23. The van der Waals surface area contributed by atoms with Crippen LogP contribution in [0, 0.1) is 5.41 Å². The van der Waals surface area contributed by atoms with Gasteiger partial charge in [0, 0.05) is 12.0 Å². The normalized spacial score (nSPS) is 14.5. The molecule has 8 nitrogen and oxygen atoms in total. The molecule has 0 rings (SSSR count). The quantitative estimate of drug-likeness (QED) is 0.428. The van der Waals surface area contributed by atoms with E-state index in [4.69, 9.17) is 15.6 Å². The van der Waals surface area contributed by atoms with Crippen LogP contribution < -0.4 is 16.4 Å². The van der Waals surface area contributed by atoms with E-state index in [2.05, 4.69) is 10.6 Å². The highest BCUT2D eigenvalue weighted by molar-refractivity contribution is 5.91. The van der Waals surface area contributed by atoms with Crippen molar-refractivity contribution in [2.45, 2.75) is 72.1 Å². The molecule has 0 aromatic carbocycles. The Morgan fingerprint density at radius 3 is 2.08 bits per heavy atom. The Kier molecular flexibility index (Phi) is 9.07. The summed E-state index contributed by atoms with van der Waals surface area (Å²) in [5.74, 6) is -1.97. The maximum absolute atomic E-state index is 12.4. The van der Waals surface area contributed by atoms with Crippen LogP contribution in [0.2, 0.25) is 0 Å². The number of hydrogen-bond acceptors (Lipinski definition) is 5. The van der Waals surface area contributed by atoms with Crippen molar-refractivity contribution in [3.63, 3.8) is 0 Å². The molecule has 0 spiro atoms. The SMILES string of the molecule is CC(NC(=O)C(C)NC(=O)C(C)(C)CCOC(C)(C)CCN)C(=O)O. The molecule has 0 aliphatic rings. The van der Waals surface area contributed by atoms with Gasteiger partial charge in [-0.05, 0) is 47.1 Å². The second kappa shape index (κ2) is 9.72. The maximum atomic E-state index is 12.4. The molecule has 0 aliphatic carbocycles. The van der Waals surface area contributed by atoms with Gasteiger partial charge in [0.1, 0.15) is 12.1 Å². The van der Waals surface area contributed by atoms with Crippen LogP contribution in [-0.2, 0) is 19.1 Å². The Morgan fingerprint density at radius 2 is 1.60 bits per heavy atom. The van der Waals surface area contributed by atoms with Crippen LogP contribution >= 0.6 is 0 Å². The molecule has 25 heavy (non-hydrogen) atoms. The molecular formula is C17H33N3O5. The van der Waals surface area contributed by atoms with Crippen molar-refractivity contribution >= 4 is 17.8 Å². The molecule has 2 unspecified atom stereocenters. The zero-order chi connectivity index (χ0) is 19.8. The number of nitrogens with one attached hydrogen (secondary N) is 2. The van der Waals surface area contributed by atoms with Gasteiger partial charge in [0.15, 0.2) is 0 Å². The van der Waals surface area contributed by atoms with Gasteiger partial charge in [-0.25, -0.2) is 0 Å². The van der Waals surface area contributed by atoms with Gasteiger partial charge in [-0.15, -0.1) is 0 Å². The second-order valence-corrected chi connectivity index (χ2v) is 7.54. The topological polar surface area (TPSA) is 131 Å². The number of amides is 2. The van der Waals surface area contributed by atoms with Crippen molar-refractivity contribution in [2.75, 3.05) is 13.2 Å². The lowest BCUT2D eigenvalue weighted by molar-refractivity contribution is -0.141. The molecule has 0 aromatic rings. The van der Waals surface area contributed by atoms with Crippen molar-refractivity contribution in [3.8, 4) is 0 Å². The van der Waals surface area contributed by atoms with Gasteiger partial charge in [0.2, 0.25) is 11.8 Å². The average Bonchev–Trinajstić information content (AvgIpc) is 2.45. The molecule has 0 aromatic heterocycles. The third kappa shape index (κ3) is 8.83. The molecule has 0 saturated carbocycles. The Labute approximate surface area is 149 Å². The average molecular weight is 359 g/mol. The highest BCUT2D eigenvalue weighted by atomic mass is 16.5. The summed E-state index contributed by atoms with van der Waals surface area (Å²) in [6, 6.07) is -1.85. The van der Waals surface area contributed by atoms with E-state index >= 15 is 0 Å². The summed E-state index contributed by atoms with van der Waals surface area (Å²) in [5, 5.41) is 13.7. The minimum absolute atomic E-state index is 0.293. The van der Waals surface area contributed by atoms with Gasteiger partial charge in [-0.1, -0.05) is 13.8 Å². The Morgan fingerprint density at radius 1 is 1.04 bits per heavy atom. The lowest BCUT2D eigenvalue weighted by Crippen LogP contribution is -2.52. The molecule has 8 heteroatoms. The van der Waals surface area contributed by atoms with E-state index in [0.717, 1.165) is 6.42 Å². The Hall–Kier alpha value is -1.67. The first-order valence-corrected chi connectivity index (χ1v) is 8.50. The molecular weight excluding hydrogens is 326 g/mol. The number of carboxylic acids is 1. The number of nitrogens with two attached hydrogens (primary N) is 1. The first kappa shape index (κ1) is 23.3. The van der Waals surface area contributed by atoms with E-state index < -0.39 is 29.4 Å². The summed E-state index contributed by atoms with van der Waals surface area (Å²) in [6.45, 7) is 11.2. The Balaban J connectivity index is 4.50. The van der Waals surface area contributed by atoms with E-state index in [1.165, 1.54) is 13.8 Å². The number of carbonyl (C=O) groups excluding carboxylic acids is 2. The fourth-order valence-corrected chi connectivity index (χ4v) is 1.97. The van der Waals surface area contributed by atoms with Gasteiger partial charge in [-0.3, -0.25) is 14.4 Å². The van der Waals surface area contributed by atoms with Gasteiger partial charge in [-0.2, -0.15) is 0 Å². The van der Waals surface area contributed by atoms with Crippen molar-refractivity contribution < 1.29 is 24.2 Å². The van der Waals surface area contributed by atoms with E-state index in [1.807, 2.05) is 13.8 Å². The number of ether oxygens (including phenoxy) is 1. The van der Waals surface area contributed by atoms with E-state index in [9.17, 15) is 14.4 Å². The molecule has 0 radical (unpaired) electrons. The van der Waals surface area contributed by atoms with E-state index in [-0.39, 0.29) is 11.5 Å². The van der Waals surface area contributed by atoms with Crippen LogP contribution in [0.15, 0.2) is 0 Å². The minimum Gasteiger partial charge on any atom is -0.480 e. The lowest BCUT2D eigenvalue weighted by Gasteiger charge is -2.29. The summed E-state index contributed by atoms with van der Waals surface area (Å²) in [6.07, 6.45) is 1.20. The van der Waals surface area contributed by atoms with Crippen LogP contribution in [0.1, 0.15) is 54.4 Å². The molecule has 0 fully saturated rings. The van der Waals surface area contributed by atoms with E-state index in [1.54, 1.807) is 13.8 Å². The second-order valence-electron chi connectivity index (χ2n) is 7.54. The first-order chi connectivity index (χ1) is 11.3. The summed E-state index contributed by atoms with van der Waals surface area (Å²) in [7, 11) is 0. The first-order valence-electron chi connectivity index (χ1n) is 8.50. The summed E-state index contributed by atoms with van der Waals surface area (Å²) in [5.41, 5.74) is 4.46. The van der Waals surface area contributed by atoms with Crippen LogP contribution in [0.3, 0.4) is 0 Å². The third-order valence-corrected chi connectivity index (χ3v) is 4.05. The van der Waals surface area contributed by atoms with Crippen molar-refractivity contribution in [1.29, 1.82) is 0 Å². The maximum Gasteiger partial charge on any atom is 0.325 e. The minimum atomic E-state index is -1.13. The number of carboxylic acid groups (broad SMARTS) is 1. The molecule has 146 valence electrons. The molecule has 2 atom stereocenters. The van der Waals surface area contributed by atoms with Gasteiger partial charge < -0.3 is 26.2 Å². The van der Waals surface area contributed by atoms with Crippen molar-refractivity contribution in [1.82, 2.24) is 10.6 Å². The summed E-state index contributed by atoms with van der Waals surface area (Å²) >= 11 is 0. The summed E-state index contributed by atoms with van der Waals surface area (Å²) < 4.78 is 5.78. The van der Waals surface area contributed by atoms with Crippen LogP contribution in [0.4, 0.5) is 0 Å². The number of rotatable bonds is 11. The van der Waals surface area contributed by atoms with Crippen molar-refractivity contribution in [3.05, 3.63) is 0 Å². The largest absolute Gasteiger partial charge is 0.480 e. The van der Waals surface area contributed by atoms with Gasteiger partial charge in [0.25, 0.3) is 0 Å². The molecule has 0 heterocycles. The molecule has 0 bridgehead atoms. The molecule has 2 amide bonds. The van der Waals surface area contributed by atoms with Gasteiger partial charge in [0.05, 0.1) is 5.60 Å². The number of carbonyl (C=O) groups is 3. The van der Waals surface area contributed by atoms with Crippen LogP contribution in [-0.4, -0.2) is 53.7 Å². The fraction of sp³-hybridized carbons (Fsp3) is 0.824. The Bertz CT molecular complexity index is 477. The number of aliphatic carboxylic acids is 1. The predicted octanol–water partition coefficient (Wildman–Crippen LogP) is 0.641. The zero-order valence-electron chi connectivity index (χ0n) is 16.1. The zero-order valence-corrected chi connectivity index (χ0v) is 16.1. The van der Waals surface area contributed by atoms with Crippen molar-refractivity contribution in [2.24, 2.45) is 11.1 Å². The smallest absolute Gasteiger partial charge is 0.325 e. The van der Waals surface area contributed by atoms with Gasteiger partial charge >= 0.3 is 5.97 Å². The third-order valence-electron chi connectivity index (χ3n) is 4.05. The van der Waals surface area contributed by atoms with E-state index in [0.29, 0.717) is 19.6 Å². The van der Waals surface area contributed by atoms with Crippen LogP contribution in [0.5, 0.6) is 0 Å². The van der Waals surface area contributed by atoms with Crippen LogP contribution in [0.25, 0.3) is 0 Å². The fourth-order valence-electron chi connectivity index (χ4n) is 1.97. The molecule has 0 aliphatic heterocycles. The monoisotopic (exact) mass is 359 g/mol. The summed E-state index contributed by atoms with van der Waals surface area (Å²) in [4.78, 5) is 35.1. The lowest BCUT2D eigenvalue weighted by atomic mass is 9.88. The highest BCUT2D eigenvalue weighted by Gasteiger charge is 2.31. The molecule has 5 N–H and O–H groups in total. The standard InChI is InChI=1S/C17H33N3O5/c1-11(13(21)19-12(2)14(22)23)20-15(24)16(3,4)8-10-25-17(5,6)7-9-18/h11-12H,7-10,18H2,1-6H3,(H,19,21)(H,20,24)(H,22,23). The number of hydrogen-bond donors (Lipinski definition) is 4. The predicted molar refractivity (Wildman–Crippen MR) is 94.9 cm³/mol.